The van der Waals surface area contributed by atoms with Crippen LogP contribution in [0.5, 0.6) is 0 Å². The van der Waals surface area contributed by atoms with Crippen molar-refractivity contribution >= 4 is 23.4 Å². The highest BCUT2D eigenvalue weighted by Crippen LogP contribution is 2.37. The number of carboxylic acid groups (broad SMARTS) is 1. The quantitative estimate of drug-likeness (QED) is 0.782. The van der Waals surface area contributed by atoms with Gasteiger partial charge in [-0.15, -0.1) is 0 Å². The Balaban J connectivity index is 0.000000232. The molecule has 1 aromatic rings. The van der Waals surface area contributed by atoms with Gasteiger partial charge in [0.05, 0.1) is 0 Å². The molecule has 0 atom stereocenters. The number of aliphatic carboxylic acids is 1. The van der Waals surface area contributed by atoms with Crippen LogP contribution < -0.4 is 0 Å². The first-order chi connectivity index (χ1) is 9.13. The first-order valence-corrected chi connectivity index (χ1v) is 5.73. The van der Waals surface area contributed by atoms with Gasteiger partial charge in [0.2, 0.25) is 0 Å². The Morgan fingerprint density at radius 3 is 2.58 bits per heavy atom. The van der Waals surface area contributed by atoms with Crippen molar-refractivity contribution in [3.63, 3.8) is 0 Å². The second-order valence-electron chi connectivity index (χ2n) is 3.99. The van der Waals surface area contributed by atoms with Crippen molar-refractivity contribution in [2.24, 2.45) is 0 Å². The van der Waals surface area contributed by atoms with Crippen LogP contribution in [0.15, 0.2) is 60.7 Å². The Labute approximate surface area is 110 Å². The van der Waals surface area contributed by atoms with Gasteiger partial charge in [-0.2, -0.15) is 0 Å². The number of hydrogen-bond acceptors (Lipinski definition) is 2. The normalized spacial score (nSPS) is 14.4. The van der Waals surface area contributed by atoms with Gasteiger partial charge < -0.3 is 5.11 Å². The van der Waals surface area contributed by atoms with Crippen molar-refractivity contribution in [2.45, 2.75) is 0 Å². The fourth-order valence-corrected chi connectivity index (χ4v) is 1.95. The van der Waals surface area contributed by atoms with Crippen LogP contribution >= 0.6 is 0 Å². The minimum atomic E-state index is -0.981. The van der Waals surface area contributed by atoms with Crippen molar-refractivity contribution in [1.82, 2.24) is 0 Å². The second kappa shape index (κ2) is 5.31. The van der Waals surface area contributed by atoms with E-state index in [2.05, 4.69) is 12.6 Å². The molecule has 0 saturated heterocycles. The van der Waals surface area contributed by atoms with Crippen molar-refractivity contribution in [3.8, 4) is 0 Å². The summed E-state index contributed by atoms with van der Waals surface area (Å²) in [6, 6.07) is 8.08. The SMILES string of the molecule is C=CC(=O)O.O=C1C=CC=C2C1=Cc1ccccc12. The number of rotatable bonds is 1. The lowest BCUT2D eigenvalue weighted by atomic mass is 9.96. The number of carboxylic acids is 1. The molecular formula is C16H12O3. The van der Waals surface area contributed by atoms with Crippen LogP contribution in [0.4, 0.5) is 0 Å². The Morgan fingerprint density at radius 1 is 1.21 bits per heavy atom. The maximum Gasteiger partial charge on any atom is 0.327 e. The van der Waals surface area contributed by atoms with Crippen molar-refractivity contribution in [3.05, 3.63) is 71.8 Å². The van der Waals surface area contributed by atoms with Crippen LogP contribution in [-0.2, 0) is 9.59 Å². The van der Waals surface area contributed by atoms with Crippen LogP contribution in [0, 0.1) is 0 Å². The van der Waals surface area contributed by atoms with Crippen LogP contribution in [0.2, 0.25) is 0 Å². The van der Waals surface area contributed by atoms with E-state index in [1.807, 2.05) is 36.4 Å². The number of hydrogen-bond donors (Lipinski definition) is 1. The highest BCUT2D eigenvalue weighted by molar-refractivity contribution is 6.23. The number of fused-ring (bicyclic) bond motifs is 3. The molecule has 0 radical (unpaired) electrons. The predicted molar refractivity (Wildman–Crippen MR) is 74.4 cm³/mol. The van der Waals surface area contributed by atoms with E-state index >= 15 is 0 Å². The second-order valence-corrected chi connectivity index (χ2v) is 3.99. The first kappa shape index (κ1) is 12.8. The molecule has 0 saturated carbocycles. The summed E-state index contributed by atoms with van der Waals surface area (Å²) in [6.07, 6.45) is 8.23. The van der Waals surface area contributed by atoms with Crippen LogP contribution in [0.3, 0.4) is 0 Å². The van der Waals surface area contributed by atoms with Gasteiger partial charge in [-0.3, -0.25) is 4.79 Å². The summed E-state index contributed by atoms with van der Waals surface area (Å²) in [7, 11) is 0. The van der Waals surface area contributed by atoms with Crippen LogP contribution in [0.1, 0.15) is 11.1 Å². The lowest BCUT2D eigenvalue weighted by molar-refractivity contribution is -0.131. The van der Waals surface area contributed by atoms with Crippen LogP contribution in [-0.4, -0.2) is 16.9 Å². The molecule has 3 rings (SSSR count). The molecule has 1 aromatic carbocycles. The minimum Gasteiger partial charge on any atom is -0.478 e. The third-order valence-corrected chi connectivity index (χ3v) is 2.79. The van der Waals surface area contributed by atoms with Gasteiger partial charge in [-0.25, -0.2) is 4.79 Å². The molecule has 3 heteroatoms. The van der Waals surface area contributed by atoms with E-state index in [9.17, 15) is 9.59 Å². The summed E-state index contributed by atoms with van der Waals surface area (Å²) in [5, 5.41) is 7.60. The zero-order valence-electron chi connectivity index (χ0n) is 10.2. The molecule has 2 aliphatic rings. The highest BCUT2D eigenvalue weighted by Gasteiger charge is 2.23. The minimum absolute atomic E-state index is 0.110. The molecule has 0 aliphatic heterocycles. The summed E-state index contributed by atoms with van der Waals surface area (Å²) in [5.41, 5.74) is 4.20. The fourth-order valence-electron chi connectivity index (χ4n) is 1.95. The number of carbonyl (C=O) groups is 2. The molecule has 0 aromatic heterocycles. The lowest BCUT2D eigenvalue weighted by Gasteiger charge is -2.06. The van der Waals surface area contributed by atoms with E-state index in [1.165, 1.54) is 5.56 Å². The Hall–Kier alpha value is -2.68. The number of benzene rings is 1. The Bertz CT molecular complexity index is 646. The van der Waals surface area contributed by atoms with Crippen molar-refractivity contribution in [2.75, 3.05) is 0 Å². The van der Waals surface area contributed by atoms with Gasteiger partial charge in [0.1, 0.15) is 0 Å². The molecule has 0 amide bonds. The number of ketones is 1. The molecule has 0 fully saturated rings. The summed E-state index contributed by atoms with van der Waals surface area (Å²) in [5.74, 6) is -0.872. The molecular weight excluding hydrogens is 240 g/mol. The van der Waals surface area contributed by atoms with E-state index in [0.29, 0.717) is 0 Å². The maximum absolute atomic E-state index is 11.5. The van der Waals surface area contributed by atoms with Crippen molar-refractivity contribution in [1.29, 1.82) is 0 Å². The van der Waals surface area contributed by atoms with E-state index < -0.39 is 5.97 Å². The standard InChI is InChI=1S/C13H8O.C3H4O2/c14-13-7-3-6-11-10-5-2-1-4-9(10)8-12(11)13;1-2-3(4)5/h1-8H;2H,1H2,(H,4,5). The average Bonchev–Trinajstić information content (AvgIpc) is 2.80. The van der Waals surface area contributed by atoms with E-state index in [1.54, 1.807) is 6.08 Å². The maximum atomic E-state index is 11.5. The van der Waals surface area contributed by atoms with Crippen molar-refractivity contribution < 1.29 is 14.7 Å². The largest absolute Gasteiger partial charge is 0.478 e. The van der Waals surface area contributed by atoms with Gasteiger partial charge in [-0.05, 0) is 28.9 Å². The third kappa shape index (κ3) is 2.60. The van der Waals surface area contributed by atoms with E-state index in [4.69, 9.17) is 5.11 Å². The molecule has 0 unspecified atom stereocenters. The first-order valence-electron chi connectivity index (χ1n) is 5.73. The van der Waals surface area contributed by atoms with Gasteiger partial charge >= 0.3 is 5.97 Å². The summed E-state index contributed by atoms with van der Waals surface area (Å²) in [4.78, 5) is 20.8. The molecule has 0 spiro atoms. The third-order valence-electron chi connectivity index (χ3n) is 2.79. The summed E-state index contributed by atoms with van der Waals surface area (Å²) < 4.78 is 0. The summed E-state index contributed by atoms with van der Waals surface area (Å²) >= 11 is 0. The zero-order valence-corrected chi connectivity index (χ0v) is 10.2. The summed E-state index contributed by atoms with van der Waals surface area (Å²) in [6.45, 7) is 2.96. The smallest absolute Gasteiger partial charge is 0.327 e. The monoisotopic (exact) mass is 252 g/mol. The molecule has 0 heterocycles. The fraction of sp³-hybridized carbons (Fsp3) is 0. The predicted octanol–water partition coefficient (Wildman–Crippen LogP) is 2.86. The topological polar surface area (TPSA) is 54.4 Å². The van der Waals surface area contributed by atoms with E-state index in [-0.39, 0.29) is 5.78 Å². The Morgan fingerprint density at radius 2 is 1.89 bits per heavy atom. The molecule has 0 bridgehead atoms. The molecule has 3 nitrogen and oxygen atoms in total. The zero-order chi connectivity index (χ0) is 13.8. The highest BCUT2D eigenvalue weighted by atomic mass is 16.4. The van der Waals surface area contributed by atoms with Gasteiger partial charge in [0.15, 0.2) is 5.78 Å². The van der Waals surface area contributed by atoms with Crippen LogP contribution in [0.25, 0.3) is 11.6 Å². The lowest BCUT2D eigenvalue weighted by Crippen LogP contribution is -2.00. The van der Waals surface area contributed by atoms with Gasteiger partial charge in [0.25, 0.3) is 0 Å². The van der Waals surface area contributed by atoms with E-state index in [0.717, 1.165) is 22.8 Å². The Kier molecular flexibility index (Phi) is 3.57. The van der Waals surface area contributed by atoms with Gasteiger partial charge in [0, 0.05) is 11.6 Å². The molecule has 1 N–H and O–H groups in total. The number of allylic oxidation sites excluding steroid dienone is 5. The molecule has 2 aliphatic carbocycles. The van der Waals surface area contributed by atoms with Gasteiger partial charge in [-0.1, -0.05) is 43.0 Å². The number of carbonyl (C=O) groups excluding carboxylic acids is 1. The molecule has 94 valence electrons. The average molecular weight is 252 g/mol. The molecule has 19 heavy (non-hydrogen) atoms.